The molecule has 0 fully saturated rings. The lowest BCUT2D eigenvalue weighted by Gasteiger charge is -2.17. The Hall–Kier alpha value is -4.08. The Kier molecular flexibility index (Phi) is 6.40. The number of benzene rings is 2. The van der Waals surface area contributed by atoms with E-state index in [1.165, 1.54) is 12.3 Å². The molecule has 7 nitrogen and oxygen atoms in total. The van der Waals surface area contributed by atoms with Gasteiger partial charge in [-0.15, -0.1) is 13.2 Å². The molecule has 0 spiro atoms. The number of anilines is 1. The van der Waals surface area contributed by atoms with Crippen molar-refractivity contribution in [3.8, 4) is 0 Å². The highest BCUT2D eigenvalue weighted by molar-refractivity contribution is 5.93. The molecule has 1 heterocycles. The van der Waals surface area contributed by atoms with Gasteiger partial charge in [-0.25, -0.2) is 14.9 Å². The fraction of sp³-hybridized carbons (Fsp3) is 0.208. The van der Waals surface area contributed by atoms with Gasteiger partial charge in [0.1, 0.15) is 5.76 Å². The number of alkyl halides is 3. The first-order chi connectivity index (χ1) is 16.2. The summed E-state index contributed by atoms with van der Waals surface area (Å²) < 4.78 is 42.8. The number of amides is 2. The van der Waals surface area contributed by atoms with Crippen LogP contribution in [0, 0.1) is 13.8 Å². The fourth-order valence-electron chi connectivity index (χ4n) is 3.70. The SMILES string of the molecule is Cc1cccc(C)c1NC(=O)N/N=C/c1ccc2c(cnn2C2=CC=C(OC(F)(F)F)CC2)c1. The van der Waals surface area contributed by atoms with E-state index < -0.39 is 12.4 Å². The van der Waals surface area contributed by atoms with E-state index in [-0.39, 0.29) is 12.2 Å². The number of fused-ring (bicyclic) bond motifs is 1. The van der Waals surface area contributed by atoms with Crippen LogP contribution >= 0.6 is 0 Å². The number of aromatic nitrogens is 2. The normalized spacial score (nSPS) is 14.1. The second-order valence-corrected chi connectivity index (χ2v) is 7.80. The number of allylic oxidation sites excluding steroid dienone is 4. The van der Waals surface area contributed by atoms with E-state index in [9.17, 15) is 18.0 Å². The third-order valence-electron chi connectivity index (χ3n) is 5.30. The Bertz CT molecular complexity index is 1300. The lowest BCUT2D eigenvalue weighted by atomic mass is 10.1. The van der Waals surface area contributed by atoms with Crippen molar-refractivity contribution in [3.05, 3.63) is 77.2 Å². The van der Waals surface area contributed by atoms with Gasteiger partial charge < -0.3 is 10.1 Å². The molecule has 0 saturated carbocycles. The van der Waals surface area contributed by atoms with Gasteiger partial charge in [0, 0.05) is 23.2 Å². The van der Waals surface area contributed by atoms with Crippen LogP contribution in [0.2, 0.25) is 0 Å². The Morgan fingerprint density at radius 2 is 1.91 bits per heavy atom. The van der Waals surface area contributed by atoms with Crippen molar-refractivity contribution < 1.29 is 22.7 Å². The fourth-order valence-corrected chi connectivity index (χ4v) is 3.70. The molecule has 34 heavy (non-hydrogen) atoms. The molecule has 1 aliphatic carbocycles. The molecule has 0 atom stereocenters. The van der Waals surface area contributed by atoms with E-state index in [1.807, 2.05) is 50.2 Å². The summed E-state index contributed by atoms with van der Waals surface area (Å²) >= 11 is 0. The van der Waals surface area contributed by atoms with Gasteiger partial charge >= 0.3 is 12.4 Å². The number of halogens is 3. The van der Waals surface area contributed by atoms with Crippen molar-refractivity contribution >= 4 is 34.5 Å². The molecule has 0 saturated heterocycles. The van der Waals surface area contributed by atoms with Crippen LogP contribution in [-0.2, 0) is 4.74 Å². The third kappa shape index (κ3) is 5.45. The van der Waals surface area contributed by atoms with E-state index >= 15 is 0 Å². The van der Waals surface area contributed by atoms with Gasteiger partial charge in [-0.2, -0.15) is 10.2 Å². The van der Waals surface area contributed by atoms with Crippen LogP contribution in [0.25, 0.3) is 16.6 Å². The van der Waals surface area contributed by atoms with Crippen LogP contribution in [0.15, 0.2) is 65.6 Å². The molecular formula is C24H22F3N5O2. The summed E-state index contributed by atoms with van der Waals surface area (Å²) in [7, 11) is 0. The maximum atomic E-state index is 12.4. The zero-order chi connectivity index (χ0) is 24.3. The summed E-state index contributed by atoms with van der Waals surface area (Å²) in [5.74, 6) is -0.125. The van der Waals surface area contributed by atoms with Crippen molar-refractivity contribution in [1.82, 2.24) is 15.2 Å². The zero-order valence-corrected chi connectivity index (χ0v) is 18.5. The standard InChI is InChI=1S/C24H22F3N5O2/c1-15-4-3-5-16(2)22(15)30-23(33)31-28-13-17-6-11-21-18(12-17)14-29-32(21)19-7-9-20(10-8-19)34-24(25,26)27/h3-7,9,11-14H,8,10H2,1-2H3,(H2,30,31,33)/b28-13+. The molecule has 2 aromatic carbocycles. The number of hydrogen-bond donors (Lipinski definition) is 2. The van der Waals surface area contributed by atoms with Crippen LogP contribution in [0.1, 0.15) is 29.5 Å². The number of aryl methyl sites for hydroxylation is 2. The highest BCUT2D eigenvalue weighted by Crippen LogP contribution is 2.30. The highest BCUT2D eigenvalue weighted by atomic mass is 19.4. The van der Waals surface area contributed by atoms with Crippen molar-refractivity contribution in [2.24, 2.45) is 5.10 Å². The number of hydrogen-bond acceptors (Lipinski definition) is 4. The van der Waals surface area contributed by atoms with Crippen molar-refractivity contribution in [2.75, 3.05) is 5.32 Å². The molecule has 1 aromatic heterocycles. The molecule has 10 heteroatoms. The molecule has 176 valence electrons. The monoisotopic (exact) mass is 469 g/mol. The van der Waals surface area contributed by atoms with Crippen molar-refractivity contribution in [2.45, 2.75) is 33.1 Å². The average Bonchev–Trinajstić information content (AvgIpc) is 3.19. The molecule has 2 N–H and O–H groups in total. The molecular weight excluding hydrogens is 447 g/mol. The summed E-state index contributed by atoms with van der Waals surface area (Å²) in [5.41, 5.74) is 7.41. The Labute approximate surface area is 193 Å². The first kappa shape index (κ1) is 23.1. The van der Waals surface area contributed by atoms with E-state index in [2.05, 4.69) is 25.7 Å². The van der Waals surface area contributed by atoms with Crippen molar-refractivity contribution in [3.63, 3.8) is 0 Å². The smallest absolute Gasteiger partial charge is 0.410 e. The summed E-state index contributed by atoms with van der Waals surface area (Å²) in [5, 5.41) is 12.0. The minimum absolute atomic E-state index is 0.125. The minimum atomic E-state index is -4.69. The van der Waals surface area contributed by atoms with Crippen molar-refractivity contribution in [1.29, 1.82) is 0 Å². The number of hydrazone groups is 1. The number of carbonyl (C=O) groups excluding carboxylic acids is 1. The number of rotatable bonds is 5. The molecule has 0 aliphatic heterocycles. The van der Waals surface area contributed by atoms with Crippen LogP contribution in [-0.4, -0.2) is 28.4 Å². The van der Waals surface area contributed by atoms with E-state index in [0.29, 0.717) is 6.42 Å². The Balaban J connectivity index is 1.42. The number of urea groups is 1. The van der Waals surface area contributed by atoms with Gasteiger partial charge in [0.15, 0.2) is 0 Å². The molecule has 0 radical (unpaired) electrons. The summed E-state index contributed by atoms with van der Waals surface area (Å²) in [6.45, 7) is 3.83. The van der Waals surface area contributed by atoms with E-state index in [0.717, 1.165) is 39.0 Å². The second-order valence-electron chi connectivity index (χ2n) is 7.80. The lowest BCUT2D eigenvalue weighted by Crippen LogP contribution is -2.25. The van der Waals surface area contributed by atoms with Gasteiger partial charge in [-0.3, -0.25) is 0 Å². The predicted molar refractivity (Wildman–Crippen MR) is 124 cm³/mol. The lowest BCUT2D eigenvalue weighted by molar-refractivity contribution is -0.306. The topological polar surface area (TPSA) is 80.5 Å². The average molecular weight is 469 g/mol. The minimum Gasteiger partial charge on any atom is -0.410 e. The number of carbonyl (C=O) groups is 1. The maximum Gasteiger partial charge on any atom is 0.572 e. The summed E-state index contributed by atoms with van der Waals surface area (Å²) in [4.78, 5) is 12.2. The first-order valence-corrected chi connectivity index (χ1v) is 10.5. The molecule has 2 amide bonds. The van der Waals surface area contributed by atoms with Gasteiger partial charge in [0.25, 0.3) is 0 Å². The number of ether oxygens (including phenoxy) is 1. The number of nitrogens with zero attached hydrogens (tertiary/aromatic N) is 3. The summed E-state index contributed by atoms with van der Waals surface area (Å²) in [6.07, 6.45) is 1.88. The Morgan fingerprint density at radius 3 is 2.59 bits per heavy atom. The highest BCUT2D eigenvalue weighted by Gasteiger charge is 2.32. The van der Waals surface area contributed by atoms with Crippen LogP contribution in [0.3, 0.4) is 0 Å². The Morgan fingerprint density at radius 1 is 1.15 bits per heavy atom. The number of nitrogens with one attached hydrogen (secondary N) is 2. The third-order valence-corrected chi connectivity index (χ3v) is 5.30. The van der Waals surface area contributed by atoms with Gasteiger partial charge in [0.2, 0.25) is 0 Å². The second kappa shape index (κ2) is 9.42. The van der Waals surface area contributed by atoms with E-state index in [1.54, 1.807) is 17.0 Å². The largest absolute Gasteiger partial charge is 0.572 e. The molecule has 0 unspecified atom stereocenters. The molecule has 3 aromatic rings. The summed E-state index contributed by atoms with van der Waals surface area (Å²) in [6, 6.07) is 10.8. The van der Waals surface area contributed by atoms with Crippen LogP contribution in [0.4, 0.5) is 23.7 Å². The molecule has 4 rings (SSSR count). The van der Waals surface area contributed by atoms with Crippen LogP contribution in [0.5, 0.6) is 0 Å². The predicted octanol–water partition coefficient (Wildman–Crippen LogP) is 5.86. The molecule has 1 aliphatic rings. The molecule has 0 bridgehead atoms. The quantitative estimate of drug-likeness (QED) is 0.363. The first-order valence-electron chi connectivity index (χ1n) is 10.5. The van der Waals surface area contributed by atoms with Gasteiger partial charge in [0.05, 0.1) is 17.9 Å². The maximum absolute atomic E-state index is 12.4. The van der Waals surface area contributed by atoms with Gasteiger partial charge in [-0.05, 0) is 61.2 Å². The van der Waals surface area contributed by atoms with E-state index in [4.69, 9.17) is 0 Å². The van der Waals surface area contributed by atoms with Crippen LogP contribution < -0.4 is 10.7 Å². The van der Waals surface area contributed by atoms with Gasteiger partial charge in [-0.1, -0.05) is 24.3 Å². The zero-order valence-electron chi connectivity index (χ0n) is 18.5. The number of para-hydroxylation sites is 1.